The topological polar surface area (TPSA) is 44.1 Å². The fraction of sp³-hybridized carbons (Fsp3) is 0.429. The van der Waals surface area contributed by atoms with E-state index in [9.17, 15) is 4.79 Å². The Morgan fingerprint density at radius 2 is 2.24 bits per heavy atom. The van der Waals surface area contributed by atoms with Gasteiger partial charge >= 0.3 is 0 Å². The molecule has 2 fully saturated rings. The van der Waals surface area contributed by atoms with Gasteiger partial charge < -0.3 is 4.90 Å². The highest BCUT2D eigenvalue weighted by molar-refractivity contribution is 5.99. The number of benzene rings is 1. The molecule has 3 nitrogen and oxygen atoms in total. The Kier molecular flexibility index (Phi) is 2.19. The Morgan fingerprint density at radius 3 is 2.82 bits per heavy atom. The molecule has 3 heteroatoms. The molecule has 2 aliphatic rings. The fourth-order valence-electron chi connectivity index (χ4n) is 3.05. The predicted molar refractivity (Wildman–Crippen MR) is 64.5 cm³/mol. The first kappa shape index (κ1) is 10.3. The van der Waals surface area contributed by atoms with Gasteiger partial charge in [0.1, 0.15) is 0 Å². The quantitative estimate of drug-likeness (QED) is 0.738. The van der Waals surface area contributed by atoms with Crippen molar-refractivity contribution in [1.29, 1.82) is 5.26 Å². The summed E-state index contributed by atoms with van der Waals surface area (Å²) < 4.78 is 0. The average molecular weight is 226 g/mol. The number of amides is 1. The smallest absolute Gasteiger partial charge is 0.230 e. The van der Waals surface area contributed by atoms with Crippen LogP contribution in [0.2, 0.25) is 0 Å². The Balaban J connectivity index is 1.98. The number of anilines is 1. The molecule has 0 spiro atoms. The molecule has 1 aromatic carbocycles. The normalized spacial score (nSPS) is 26.4. The summed E-state index contributed by atoms with van der Waals surface area (Å²) in [5.74, 6) is 0.515. The van der Waals surface area contributed by atoms with E-state index >= 15 is 0 Å². The summed E-state index contributed by atoms with van der Waals surface area (Å²) in [4.78, 5) is 14.0. The van der Waals surface area contributed by atoms with Gasteiger partial charge in [-0.1, -0.05) is 0 Å². The van der Waals surface area contributed by atoms with E-state index in [0.29, 0.717) is 11.6 Å². The van der Waals surface area contributed by atoms with Crippen LogP contribution >= 0.6 is 0 Å². The summed E-state index contributed by atoms with van der Waals surface area (Å²) in [6.45, 7) is 1.92. The standard InChI is InChI=1S/C14H14N2O/c1-9-6-12(5-3-11(9)8-15)16-13-4-2-10(7-13)14(16)17/h3,5-6,10,13H,2,4,7H2,1H3/t10-,13+/m1/s1. The first-order valence-corrected chi connectivity index (χ1v) is 6.04. The van der Waals surface area contributed by atoms with Crippen molar-refractivity contribution in [3.8, 4) is 6.07 Å². The van der Waals surface area contributed by atoms with E-state index in [-0.39, 0.29) is 11.8 Å². The maximum atomic E-state index is 12.1. The predicted octanol–water partition coefficient (Wildman–Crippen LogP) is 2.38. The number of piperidine rings is 1. The molecule has 86 valence electrons. The molecule has 1 aromatic rings. The van der Waals surface area contributed by atoms with Crippen molar-refractivity contribution in [3.63, 3.8) is 0 Å². The number of carbonyl (C=O) groups is 1. The van der Waals surface area contributed by atoms with Gasteiger partial charge in [-0.15, -0.1) is 0 Å². The lowest BCUT2D eigenvalue weighted by Gasteiger charge is -2.27. The van der Waals surface area contributed by atoms with Crippen molar-refractivity contribution in [2.45, 2.75) is 32.2 Å². The number of fused-ring (bicyclic) bond motifs is 2. The molecule has 1 aliphatic heterocycles. The van der Waals surface area contributed by atoms with Gasteiger partial charge in [-0.25, -0.2) is 0 Å². The lowest BCUT2D eigenvalue weighted by Crippen LogP contribution is -2.36. The van der Waals surface area contributed by atoms with Crippen molar-refractivity contribution >= 4 is 11.6 Å². The van der Waals surface area contributed by atoms with Crippen LogP contribution in [0.15, 0.2) is 18.2 Å². The molecule has 1 amide bonds. The number of nitrogens with zero attached hydrogens (tertiary/aromatic N) is 2. The van der Waals surface area contributed by atoms with Crippen LogP contribution in [0, 0.1) is 24.2 Å². The molecule has 0 N–H and O–H groups in total. The summed E-state index contributed by atoms with van der Waals surface area (Å²) in [5, 5.41) is 8.90. The highest BCUT2D eigenvalue weighted by Gasteiger charge is 2.45. The van der Waals surface area contributed by atoms with E-state index in [2.05, 4.69) is 6.07 Å². The Hall–Kier alpha value is -1.82. The van der Waals surface area contributed by atoms with Gasteiger partial charge in [-0.05, 0) is 49.9 Å². The molecule has 1 aliphatic carbocycles. The minimum Gasteiger partial charge on any atom is -0.309 e. The molecule has 2 atom stereocenters. The minimum atomic E-state index is 0.246. The minimum absolute atomic E-state index is 0.246. The van der Waals surface area contributed by atoms with Crippen molar-refractivity contribution in [2.75, 3.05) is 4.90 Å². The maximum Gasteiger partial charge on any atom is 0.230 e. The lowest BCUT2D eigenvalue weighted by molar-refractivity contribution is -0.121. The number of hydrogen-bond donors (Lipinski definition) is 0. The zero-order valence-corrected chi connectivity index (χ0v) is 9.81. The Bertz CT molecular complexity index is 530. The third-order valence-corrected chi connectivity index (χ3v) is 3.97. The second kappa shape index (κ2) is 3.59. The van der Waals surface area contributed by atoms with Gasteiger partial charge in [-0.3, -0.25) is 4.79 Å². The maximum absolute atomic E-state index is 12.1. The van der Waals surface area contributed by atoms with E-state index in [1.54, 1.807) is 0 Å². The summed E-state index contributed by atoms with van der Waals surface area (Å²) in [7, 11) is 0. The summed E-state index contributed by atoms with van der Waals surface area (Å²) in [5.41, 5.74) is 2.59. The molecule has 1 saturated carbocycles. The van der Waals surface area contributed by atoms with Gasteiger partial charge in [0.25, 0.3) is 0 Å². The van der Waals surface area contributed by atoms with Gasteiger partial charge in [0.15, 0.2) is 0 Å². The van der Waals surface area contributed by atoms with Crippen LogP contribution in [0.4, 0.5) is 5.69 Å². The number of carbonyl (C=O) groups excluding carboxylic acids is 1. The van der Waals surface area contributed by atoms with Crippen molar-refractivity contribution in [3.05, 3.63) is 29.3 Å². The summed E-state index contributed by atoms with van der Waals surface area (Å²) >= 11 is 0. The van der Waals surface area contributed by atoms with Crippen LogP contribution in [0.3, 0.4) is 0 Å². The van der Waals surface area contributed by atoms with Gasteiger partial charge in [0.2, 0.25) is 5.91 Å². The van der Waals surface area contributed by atoms with Crippen molar-refractivity contribution < 1.29 is 4.79 Å². The molecule has 1 saturated heterocycles. The van der Waals surface area contributed by atoms with E-state index in [1.165, 1.54) is 0 Å². The monoisotopic (exact) mass is 226 g/mol. The fourth-order valence-corrected chi connectivity index (χ4v) is 3.05. The molecule has 2 bridgehead atoms. The van der Waals surface area contributed by atoms with E-state index in [1.807, 2.05) is 30.0 Å². The molecule has 0 radical (unpaired) electrons. The molecule has 3 rings (SSSR count). The van der Waals surface area contributed by atoms with Crippen LogP contribution in [0.5, 0.6) is 0 Å². The zero-order valence-electron chi connectivity index (χ0n) is 9.81. The third kappa shape index (κ3) is 1.44. The van der Waals surface area contributed by atoms with Crippen LogP contribution < -0.4 is 4.90 Å². The lowest BCUT2D eigenvalue weighted by atomic mass is 10.1. The molecule has 1 heterocycles. The van der Waals surface area contributed by atoms with E-state index in [0.717, 1.165) is 30.5 Å². The summed E-state index contributed by atoms with van der Waals surface area (Å²) in [6.07, 6.45) is 3.18. The van der Waals surface area contributed by atoms with Crippen LogP contribution in [0.25, 0.3) is 0 Å². The molecule has 17 heavy (non-hydrogen) atoms. The second-order valence-corrected chi connectivity index (χ2v) is 4.98. The highest BCUT2D eigenvalue weighted by Crippen LogP contribution is 2.41. The Morgan fingerprint density at radius 1 is 1.41 bits per heavy atom. The average Bonchev–Trinajstić information content (AvgIpc) is 2.89. The third-order valence-electron chi connectivity index (χ3n) is 3.97. The number of nitriles is 1. The first-order chi connectivity index (χ1) is 8.20. The molecule has 0 aromatic heterocycles. The van der Waals surface area contributed by atoms with Gasteiger partial charge in [0, 0.05) is 17.6 Å². The van der Waals surface area contributed by atoms with Gasteiger partial charge in [0.05, 0.1) is 11.6 Å². The molecular formula is C14H14N2O. The Labute approximate surface area is 101 Å². The number of rotatable bonds is 1. The largest absolute Gasteiger partial charge is 0.309 e. The van der Waals surface area contributed by atoms with Crippen LogP contribution in [0.1, 0.15) is 30.4 Å². The van der Waals surface area contributed by atoms with Gasteiger partial charge in [-0.2, -0.15) is 5.26 Å². The number of aryl methyl sites for hydroxylation is 1. The first-order valence-electron chi connectivity index (χ1n) is 6.04. The van der Waals surface area contributed by atoms with Crippen molar-refractivity contribution in [2.24, 2.45) is 5.92 Å². The zero-order chi connectivity index (χ0) is 12.0. The second-order valence-electron chi connectivity index (χ2n) is 4.98. The van der Waals surface area contributed by atoms with E-state index < -0.39 is 0 Å². The highest BCUT2D eigenvalue weighted by atomic mass is 16.2. The molecular weight excluding hydrogens is 212 g/mol. The van der Waals surface area contributed by atoms with Crippen molar-refractivity contribution in [1.82, 2.24) is 0 Å². The SMILES string of the molecule is Cc1cc(N2C(=O)[C@@H]3CC[C@H]2C3)ccc1C#N. The van der Waals surface area contributed by atoms with Crippen LogP contribution in [-0.2, 0) is 4.79 Å². The van der Waals surface area contributed by atoms with E-state index in [4.69, 9.17) is 5.26 Å². The van der Waals surface area contributed by atoms with Crippen LogP contribution in [-0.4, -0.2) is 11.9 Å². The molecule has 0 unspecified atom stereocenters. The number of hydrogen-bond acceptors (Lipinski definition) is 2. The summed E-state index contributed by atoms with van der Waals surface area (Å²) in [6, 6.07) is 8.20.